The Bertz CT molecular complexity index is 1290. The van der Waals surface area contributed by atoms with Gasteiger partial charge in [0, 0.05) is 10.4 Å². The van der Waals surface area contributed by atoms with E-state index in [1.54, 1.807) is 12.1 Å². The van der Waals surface area contributed by atoms with Gasteiger partial charge in [0.25, 0.3) is 5.78 Å². The number of nitrogens with zero attached hydrogens (tertiary/aromatic N) is 2. The second-order valence-electron chi connectivity index (χ2n) is 8.48. The molecule has 1 unspecified atom stereocenters. The third kappa shape index (κ3) is 4.10. The van der Waals surface area contributed by atoms with Crippen molar-refractivity contribution < 1.29 is 19.4 Å². The first-order valence-electron chi connectivity index (χ1n) is 10.8. The standard InChI is InChI=1S/C26H25ClN2O4S/c1-13(2)16-6-8-17(9-7-16)22-21(23(30)18-10-11-20(33-5)19(27)12-18)24(31)25(32)29(22)26-28-14(3)15(4)34-26/h6-13,22,30H,1-5H3. The lowest BCUT2D eigenvalue weighted by Gasteiger charge is -2.23. The zero-order valence-corrected chi connectivity index (χ0v) is 21.1. The first-order chi connectivity index (χ1) is 16.1. The summed E-state index contributed by atoms with van der Waals surface area (Å²) in [6, 6.07) is 11.6. The average Bonchev–Trinajstić information content (AvgIpc) is 3.28. The van der Waals surface area contributed by atoms with Gasteiger partial charge >= 0.3 is 5.91 Å². The highest BCUT2D eigenvalue weighted by Gasteiger charge is 2.48. The summed E-state index contributed by atoms with van der Waals surface area (Å²) in [5, 5.41) is 12.0. The molecule has 2 aromatic carbocycles. The predicted molar refractivity (Wildman–Crippen MR) is 135 cm³/mol. The van der Waals surface area contributed by atoms with E-state index in [-0.39, 0.29) is 16.4 Å². The van der Waals surface area contributed by atoms with Crippen LogP contribution in [-0.4, -0.2) is 28.9 Å². The Labute approximate surface area is 207 Å². The van der Waals surface area contributed by atoms with Gasteiger partial charge in [0.1, 0.15) is 11.5 Å². The molecule has 1 N–H and O–H groups in total. The molecule has 1 atom stereocenters. The normalized spacial score (nSPS) is 17.6. The first kappa shape index (κ1) is 24.0. The van der Waals surface area contributed by atoms with E-state index in [1.165, 1.54) is 29.4 Å². The summed E-state index contributed by atoms with van der Waals surface area (Å²) in [5.41, 5.74) is 2.93. The Morgan fingerprint density at radius 3 is 2.35 bits per heavy atom. The quantitative estimate of drug-likeness (QED) is 0.259. The van der Waals surface area contributed by atoms with E-state index in [4.69, 9.17) is 16.3 Å². The van der Waals surface area contributed by atoms with Crippen LogP contribution >= 0.6 is 22.9 Å². The van der Waals surface area contributed by atoms with Crippen LogP contribution < -0.4 is 9.64 Å². The summed E-state index contributed by atoms with van der Waals surface area (Å²) in [5.74, 6) is -1.03. The summed E-state index contributed by atoms with van der Waals surface area (Å²) in [6.45, 7) is 7.96. The fourth-order valence-electron chi connectivity index (χ4n) is 3.94. The molecule has 1 saturated heterocycles. The summed E-state index contributed by atoms with van der Waals surface area (Å²) in [4.78, 5) is 33.4. The highest BCUT2D eigenvalue weighted by molar-refractivity contribution is 7.16. The van der Waals surface area contributed by atoms with Gasteiger partial charge in [-0.15, -0.1) is 11.3 Å². The number of aryl methyl sites for hydroxylation is 2. The number of ether oxygens (including phenoxy) is 1. The van der Waals surface area contributed by atoms with Crippen LogP contribution in [0.3, 0.4) is 0 Å². The molecule has 0 spiro atoms. The van der Waals surface area contributed by atoms with Crippen molar-refractivity contribution >= 4 is 45.5 Å². The van der Waals surface area contributed by atoms with Crippen molar-refractivity contribution in [2.24, 2.45) is 0 Å². The summed E-state index contributed by atoms with van der Waals surface area (Å²) >= 11 is 7.60. The van der Waals surface area contributed by atoms with Crippen LogP contribution in [0.1, 0.15) is 53.1 Å². The minimum absolute atomic E-state index is 0.00552. The number of thiazole rings is 1. The van der Waals surface area contributed by atoms with Crippen molar-refractivity contribution in [3.63, 3.8) is 0 Å². The Kier molecular flexibility index (Phi) is 6.51. The van der Waals surface area contributed by atoms with Crippen LogP contribution in [0.2, 0.25) is 5.02 Å². The Morgan fingerprint density at radius 2 is 1.82 bits per heavy atom. The number of anilines is 1. The molecule has 0 bridgehead atoms. The maximum absolute atomic E-state index is 13.3. The molecule has 1 amide bonds. The lowest BCUT2D eigenvalue weighted by atomic mass is 9.93. The predicted octanol–water partition coefficient (Wildman–Crippen LogP) is 6.17. The summed E-state index contributed by atoms with van der Waals surface area (Å²) < 4.78 is 5.19. The number of amides is 1. The zero-order valence-electron chi connectivity index (χ0n) is 19.5. The Balaban J connectivity index is 1.93. The van der Waals surface area contributed by atoms with Crippen LogP contribution in [0.5, 0.6) is 5.75 Å². The van der Waals surface area contributed by atoms with Crippen molar-refractivity contribution in [2.45, 2.75) is 39.7 Å². The molecule has 1 fully saturated rings. The molecule has 34 heavy (non-hydrogen) atoms. The molecule has 1 aromatic heterocycles. The lowest BCUT2D eigenvalue weighted by Crippen LogP contribution is -2.29. The van der Waals surface area contributed by atoms with E-state index in [9.17, 15) is 14.7 Å². The van der Waals surface area contributed by atoms with Crippen molar-refractivity contribution in [2.75, 3.05) is 12.0 Å². The molecule has 4 rings (SSSR count). The number of rotatable bonds is 5. The van der Waals surface area contributed by atoms with Crippen LogP contribution in [0, 0.1) is 13.8 Å². The lowest BCUT2D eigenvalue weighted by molar-refractivity contribution is -0.132. The van der Waals surface area contributed by atoms with Crippen molar-refractivity contribution in [3.05, 3.63) is 80.3 Å². The van der Waals surface area contributed by atoms with Crippen molar-refractivity contribution in [1.82, 2.24) is 4.98 Å². The molecular formula is C26H25ClN2O4S. The van der Waals surface area contributed by atoms with Gasteiger partial charge in [0.05, 0.1) is 29.4 Å². The number of methoxy groups -OCH3 is 1. The number of aromatic nitrogens is 1. The van der Waals surface area contributed by atoms with Gasteiger partial charge in [0.2, 0.25) is 0 Å². The Morgan fingerprint density at radius 1 is 1.15 bits per heavy atom. The van der Waals surface area contributed by atoms with Gasteiger partial charge in [0.15, 0.2) is 5.13 Å². The molecular weight excluding hydrogens is 472 g/mol. The smallest absolute Gasteiger partial charge is 0.301 e. The van der Waals surface area contributed by atoms with Crippen LogP contribution in [-0.2, 0) is 9.59 Å². The molecule has 3 aromatic rings. The molecule has 6 nitrogen and oxygen atoms in total. The van der Waals surface area contributed by atoms with Crippen LogP contribution in [0.25, 0.3) is 5.76 Å². The number of hydrogen-bond donors (Lipinski definition) is 1. The monoisotopic (exact) mass is 496 g/mol. The third-order valence-electron chi connectivity index (χ3n) is 6.01. The van der Waals surface area contributed by atoms with Crippen molar-refractivity contribution in [1.29, 1.82) is 0 Å². The number of aliphatic hydroxyl groups is 1. The van der Waals surface area contributed by atoms with Gasteiger partial charge in [-0.2, -0.15) is 0 Å². The highest BCUT2D eigenvalue weighted by atomic mass is 35.5. The summed E-state index contributed by atoms with van der Waals surface area (Å²) in [6.07, 6.45) is 0. The largest absolute Gasteiger partial charge is 0.507 e. The number of carbonyl (C=O) groups is 2. The van der Waals surface area contributed by atoms with Gasteiger partial charge < -0.3 is 9.84 Å². The summed E-state index contributed by atoms with van der Waals surface area (Å²) in [7, 11) is 1.49. The minimum atomic E-state index is -0.827. The molecule has 8 heteroatoms. The van der Waals surface area contributed by atoms with E-state index >= 15 is 0 Å². The maximum Gasteiger partial charge on any atom is 0.301 e. The second-order valence-corrected chi connectivity index (χ2v) is 10.1. The van der Waals surface area contributed by atoms with E-state index in [2.05, 4.69) is 18.8 Å². The molecule has 2 heterocycles. The molecule has 1 aliphatic heterocycles. The number of carbonyl (C=O) groups excluding carboxylic acids is 2. The highest BCUT2D eigenvalue weighted by Crippen LogP contribution is 2.44. The van der Waals surface area contributed by atoms with Gasteiger partial charge in [-0.05, 0) is 49.1 Å². The van der Waals surface area contributed by atoms with Gasteiger partial charge in [-0.3, -0.25) is 14.5 Å². The zero-order chi connectivity index (χ0) is 24.7. The number of halogens is 1. The van der Waals surface area contributed by atoms with E-state index in [0.29, 0.717) is 27.9 Å². The van der Waals surface area contributed by atoms with Crippen LogP contribution in [0.4, 0.5) is 5.13 Å². The maximum atomic E-state index is 13.3. The number of Topliss-reactive ketones (excluding diaryl/α,β-unsaturated/α-hetero) is 1. The number of benzene rings is 2. The number of aliphatic hydroxyl groups excluding tert-OH is 1. The fourth-order valence-corrected chi connectivity index (χ4v) is 5.13. The van der Waals surface area contributed by atoms with Gasteiger partial charge in [-0.25, -0.2) is 4.98 Å². The van der Waals surface area contributed by atoms with E-state index in [1.807, 2.05) is 38.1 Å². The topological polar surface area (TPSA) is 79.7 Å². The average molecular weight is 497 g/mol. The van der Waals surface area contributed by atoms with E-state index < -0.39 is 17.7 Å². The number of ketones is 1. The minimum Gasteiger partial charge on any atom is -0.507 e. The Hall–Kier alpha value is -3.16. The first-order valence-corrected chi connectivity index (χ1v) is 12.0. The van der Waals surface area contributed by atoms with Crippen LogP contribution in [0.15, 0.2) is 48.0 Å². The SMILES string of the molecule is COc1ccc(C(O)=C2C(=O)C(=O)N(c3nc(C)c(C)s3)C2c2ccc(C(C)C)cc2)cc1Cl. The second kappa shape index (κ2) is 9.24. The molecule has 0 saturated carbocycles. The molecule has 176 valence electrons. The molecule has 0 radical (unpaired) electrons. The molecule has 1 aliphatic rings. The van der Waals surface area contributed by atoms with E-state index in [0.717, 1.165) is 16.1 Å². The molecule has 0 aliphatic carbocycles. The van der Waals surface area contributed by atoms with Crippen molar-refractivity contribution in [3.8, 4) is 5.75 Å². The fraction of sp³-hybridized carbons (Fsp3) is 0.269. The number of hydrogen-bond acceptors (Lipinski definition) is 6. The van der Waals surface area contributed by atoms with Gasteiger partial charge in [-0.1, -0.05) is 49.7 Å². The third-order valence-corrected chi connectivity index (χ3v) is 7.38.